The van der Waals surface area contributed by atoms with E-state index in [9.17, 15) is 22.8 Å². The molecule has 0 aliphatic heterocycles. The van der Waals surface area contributed by atoms with Gasteiger partial charge in [-0.1, -0.05) is 30.3 Å². The van der Waals surface area contributed by atoms with E-state index in [2.05, 4.69) is 20.1 Å². The SMILES string of the molecule is Cc1nc2c(=O)n(CC(=O)Nc3ccc(OC(F)(F)F)cc3)nc(-c3ccccc3)c2s1. The Hall–Kier alpha value is -3.73. The number of fused-ring (bicyclic) bond motifs is 1. The van der Waals surface area contributed by atoms with Crippen LogP contribution in [-0.4, -0.2) is 27.0 Å². The molecule has 0 saturated carbocycles. The molecule has 2 aromatic carbocycles. The summed E-state index contributed by atoms with van der Waals surface area (Å²) in [5, 5.41) is 7.61. The lowest BCUT2D eigenvalue weighted by molar-refractivity contribution is -0.274. The highest BCUT2D eigenvalue weighted by Gasteiger charge is 2.31. The molecule has 0 saturated heterocycles. The first kappa shape index (κ1) is 21.5. The smallest absolute Gasteiger partial charge is 0.406 e. The largest absolute Gasteiger partial charge is 0.573 e. The van der Waals surface area contributed by atoms with Crippen molar-refractivity contribution in [2.75, 3.05) is 5.32 Å². The van der Waals surface area contributed by atoms with E-state index < -0.39 is 30.1 Å². The van der Waals surface area contributed by atoms with E-state index in [1.165, 1.54) is 23.5 Å². The van der Waals surface area contributed by atoms with Crippen LogP contribution in [0.4, 0.5) is 18.9 Å². The molecule has 4 rings (SSSR count). The van der Waals surface area contributed by atoms with Gasteiger partial charge in [-0.15, -0.1) is 24.5 Å². The predicted molar refractivity (Wildman–Crippen MR) is 114 cm³/mol. The molecule has 2 heterocycles. The van der Waals surface area contributed by atoms with Crippen LogP contribution in [0.2, 0.25) is 0 Å². The van der Waals surface area contributed by atoms with Crippen LogP contribution in [0.3, 0.4) is 0 Å². The van der Waals surface area contributed by atoms with Crippen molar-refractivity contribution in [3.63, 3.8) is 0 Å². The summed E-state index contributed by atoms with van der Waals surface area (Å²) in [5.41, 5.74) is 1.27. The molecule has 0 radical (unpaired) electrons. The molecule has 2 aromatic heterocycles. The third-order valence-electron chi connectivity index (χ3n) is 4.32. The van der Waals surface area contributed by atoms with E-state index in [1.807, 2.05) is 30.3 Å². The summed E-state index contributed by atoms with van der Waals surface area (Å²) in [7, 11) is 0. The minimum atomic E-state index is -4.80. The van der Waals surface area contributed by atoms with Gasteiger partial charge in [0, 0.05) is 11.3 Å². The third kappa shape index (κ3) is 4.78. The molecular formula is C21H15F3N4O3S. The highest BCUT2D eigenvalue weighted by atomic mass is 32.1. The second kappa shape index (κ2) is 8.42. The predicted octanol–water partition coefficient (Wildman–Crippen LogP) is 4.37. The van der Waals surface area contributed by atoms with Gasteiger partial charge < -0.3 is 10.1 Å². The highest BCUT2D eigenvalue weighted by Crippen LogP contribution is 2.29. The molecule has 0 bridgehead atoms. The van der Waals surface area contributed by atoms with E-state index in [1.54, 1.807) is 6.92 Å². The number of carbonyl (C=O) groups is 1. The molecule has 0 fully saturated rings. The second-order valence-electron chi connectivity index (χ2n) is 6.71. The molecule has 0 aliphatic carbocycles. The van der Waals surface area contributed by atoms with Gasteiger partial charge in [0.25, 0.3) is 5.56 Å². The van der Waals surface area contributed by atoms with Crippen LogP contribution >= 0.6 is 11.3 Å². The maximum atomic E-state index is 12.8. The van der Waals surface area contributed by atoms with E-state index in [4.69, 9.17) is 0 Å². The van der Waals surface area contributed by atoms with E-state index in [0.717, 1.165) is 22.4 Å². The van der Waals surface area contributed by atoms with Crippen molar-refractivity contribution >= 4 is 33.1 Å². The number of aryl methyl sites for hydroxylation is 1. The first-order chi connectivity index (χ1) is 15.2. The lowest BCUT2D eigenvalue weighted by atomic mass is 10.1. The molecule has 0 aliphatic rings. The zero-order valence-corrected chi connectivity index (χ0v) is 17.3. The fourth-order valence-electron chi connectivity index (χ4n) is 3.03. The number of nitrogens with one attached hydrogen (secondary N) is 1. The van der Waals surface area contributed by atoms with Crippen LogP contribution < -0.4 is 15.6 Å². The van der Waals surface area contributed by atoms with E-state index in [0.29, 0.717) is 15.4 Å². The summed E-state index contributed by atoms with van der Waals surface area (Å²) < 4.78 is 42.3. The number of halogens is 3. The van der Waals surface area contributed by atoms with E-state index >= 15 is 0 Å². The summed E-state index contributed by atoms with van der Waals surface area (Å²) in [6.45, 7) is 1.38. The Kier molecular flexibility index (Phi) is 5.66. The molecular weight excluding hydrogens is 445 g/mol. The molecule has 4 aromatic rings. The highest BCUT2D eigenvalue weighted by molar-refractivity contribution is 7.19. The van der Waals surface area contributed by atoms with Gasteiger partial charge in [-0.2, -0.15) is 5.10 Å². The maximum absolute atomic E-state index is 12.8. The lowest BCUT2D eigenvalue weighted by Crippen LogP contribution is -2.30. The first-order valence-electron chi connectivity index (χ1n) is 9.29. The average molecular weight is 460 g/mol. The molecule has 1 N–H and O–H groups in total. The Labute approximate surface area is 183 Å². The summed E-state index contributed by atoms with van der Waals surface area (Å²) >= 11 is 1.34. The summed E-state index contributed by atoms with van der Waals surface area (Å²) in [6, 6.07) is 13.9. The third-order valence-corrected chi connectivity index (χ3v) is 5.30. The second-order valence-corrected chi connectivity index (χ2v) is 7.91. The molecule has 1 amide bonds. The number of alkyl halides is 3. The normalized spacial score (nSPS) is 11.5. The van der Waals surface area contributed by atoms with Gasteiger partial charge in [-0.3, -0.25) is 9.59 Å². The number of ether oxygens (including phenoxy) is 1. The van der Waals surface area contributed by atoms with Crippen LogP contribution in [0.1, 0.15) is 5.01 Å². The van der Waals surface area contributed by atoms with Gasteiger partial charge in [0.05, 0.1) is 9.71 Å². The Morgan fingerprint density at radius 2 is 1.81 bits per heavy atom. The Morgan fingerprint density at radius 3 is 2.47 bits per heavy atom. The fraction of sp³-hybridized carbons (Fsp3) is 0.143. The Balaban J connectivity index is 1.59. The fourth-order valence-corrected chi connectivity index (χ4v) is 3.95. The summed E-state index contributed by atoms with van der Waals surface area (Å²) in [6.07, 6.45) is -4.80. The van der Waals surface area contributed by atoms with Crippen LogP contribution in [0, 0.1) is 6.92 Å². The number of benzene rings is 2. The number of amides is 1. The standard InChI is InChI=1S/C21H15F3N4O3S/c1-12-25-18-19(32-12)17(13-5-3-2-4-6-13)27-28(20(18)30)11-16(29)26-14-7-9-15(10-8-14)31-21(22,23)24/h2-10H,11H2,1H3,(H,26,29). The number of hydrogen-bond donors (Lipinski definition) is 1. The molecule has 7 nitrogen and oxygen atoms in total. The monoisotopic (exact) mass is 460 g/mol. The van der Waals surface area contributed by atoms with Gasteiger partial charge in [0.1, 0.15) is 18.0 Å². The number of rotatable bonds is 5. The Bertz CT molecular complexity index is 1330. The number of aromatic nitrogens is 3. The zero-order chi connectivity index (χ0) is 22.9. The van der Waals surface area contributed by atoms with Gasteiger partial charge in [0.2, 0.25) is 5.91 Å². The van der Waals surface area contributed by atoms with Crippen molar-refractivity contribution in [3.05, 3.63) is 70.0 Å². The molecule has 164 valence electrons. The van der Waals surface area contributed by atoms with Gasteiger partial charge in [-0.25, -0.2) is 9.67 Å². The van der Waals surface area contributed by atoms with Crippen molar-refractivity contribution in [3.8, 4) is 17.0 Å². The topological polar surface area (TPSA) is 86.1 Å². The first-order valence-corrected chi connectivity index (χ1v) is 10.1. The summed E-state index contributed by atoms with van der Waals surface area (Å²) in [4.78, 5) is 29.6. The van der Waals surface area contributed by atoms with Crippen LogP contribution in [-0.2, 0) is 11.3 Å². The number of thiazole rings is 1. The van der Waals surface area contributed by atoms with Crippen molar-refractivity contribution in [1.29, 1.82) is 0 Å². The zero-order valence-electron chi connectivity index (χ0n) is 16.5. The molecule has 0 spiro atoms. The van der Waals surface area contributed by atoms with Crippen molar-refractivity contribution in [1.82, 2.24) is 14.8 Å². The number of carbonyl (C=O) groups excluding carboxylic acids is 1. The summed E-state index contributed by atoms with van der Waals surface area (Å²) in [5.74, 6) is -0.986. The van der Waals surface area contributed by atoms with Gasteiger partial charge in [0.15, 0.2) is 5.52 Å². The quantitative estimate of drug-likeness (QED) is 0.478. The molecule has 11 heteroatoms. The van der Waals surface area contributed by atoms with Crippen LogP contribution in [0.25, 0.3) is 21.5 Å². The Morgan fingerprint density at radius 1 is 1.12 bits per heavy atom. The average Bonchev–Trinajstić information content (AvgIpc) is 3.13. The van der Waals surface area contributed by atoms with Crippen molar-refractivity contribution < 1.29 is 22.7 Å². The lowest BCUT2D eigenvalue weighted by Gasteiger charge is -2.11. The van der Waals surface area contributed by atoms with E-state index in [-0.39, 0.29) is 11.2 Å². The van der Waals surface area contributed by atoms with Crippen LogP contribution in [0.5, 0.6) is 5.75 Å². The van der Waals surface area contributed by atoms with Crippen molar-refractivity contribution in [2.45, 2.75) is 19.8 Å². The van der Waals surface area contributed by atoms with Gasteiger partial charge in [-0.05, 0) is 31.2 Å². The maximum Gasteiger partial charge on any atom is 0.573 e. The van der Waals surface area contributed by atoms with Crippen molar-refractivity contribution in [2.24, 2.45) is 0 Å². The number of nitrogens with zero attached hydrogens (tertiary/aromatic N) is 3. The number of hydrogen-bond acceptors (Lipinski definition) is 6. The molecule has 0 unspecified atom stereocenters. The minimum absolute atomic E-state index is 0.225. The molecule has 32 heavy (non-hydrogen) atoms. The van der Waals surface area contributed by atoms with Gasteiger partial charge >= 0.3 is 6.36 Å². The number of anilines is 1. The molecule has 0 atom stereocenters. The minimum Gasteiger partial charge on any atom is -0.406 e. The van der Waals surface area contributed by atoms with Crippen LogP contribution in [0.15, 0.2) is 59.4 Å².